The number of anilines is 2. The highest BCUT2D eigenvalue weighted by Crippen LogP contribution is 2.35. The number of thiophene rings is 1. The molecule has 3 aromatic carbocycles. The van der Waals surface area contributed by atoms with Gasteiger partial charge in [-0.3, -0.25) is 9.69 Å². The van der Waals surface area contributed by atoms with E-state index in [9.17, 15) is 4.79 Å². The van der Waals surface area contributed by atoms with E-state index in [-0.39, 0.29) is 5.91 Å². The van der Waals surface area contributed by atoms with Crippen molar-refractivity contribution < 1.29 is 9.53 Å². The van der Waals surface area contributed by atoms with Gasteiger partial charge in [0.2, 0.25) is 0 Å². The van der Waals surface area contributed by atoms with E-state index in [1.165, 1.54) is 16.8 Å². The van der Waals surface area contributed by atoms with Crippen LogP contribution >= 0.6 is 11.3 Å². The molecule has 0 atom stereocenters. The first-order chi connectivity index (χ1) is 18.5. The standard InChI is InChI=1S/C32H35N3O2S/c1-23(2)25-7-9-26(10-8-25)31-29(5-4-6-30(31)37-3)32(36)33-27-11-13-28(14-12-27)35-18-16-34(17-19-35)21-24-15-20-38-22-24/h4-15,20,22-23H,16-19,21H2,1-3H3,(H,33,36). The quantitative estimate of drug-likeness (QED) is 0.266. The third-order valence-electron chi connectivity index (χ3n) is 7.21. The molecule has 0 unspecified atom stereocenters. The summed E-state index contributed by atoms with van der Waals surface area (Å²) in [6.45, 7) is 9.47. The fourth-order valence-corrected chi connectivity index (χ4v) is 5.64. The van der Waals surface area contributed by atoms with Crippen molar-refractivity contribution in [2.24, 2.45) is 0 Å². The number of rotatable bonds is 8. The van der Waals surface area contributed by atoms with Crippen LogP contribution in [0.3, 0.4) is 0 Å². The predicted molar refractivity (Wildman–Crippen MR) is 159 cm³/mol. The molecule has 0 radical (unpaired) electrons. The maximum atomic E-state index is 13.4. The fourth-order valence-electron chi connectivity index (χ4n) is 4.98. The second-order valence-corrected chi connectivity index (χ2v) is 10.8. The Kier molecular flexibility index (Phi) is 8.11. The second-order valence-electron chi connectivity index (χ2n) is 10.1. The van der Waals surface area contributed by atoms with Crippen molar-refractivity contribution in [2.45, 2.75) is 26.3 Å². The Hall–Kier alpha value is -3.61. The number of hydrogen-bond donors (Lipinski definition) is 1. The number of amides is 1. The Balaban J connectivity index is 1.26. The first-order valence-electron chi connectivity index (χ1n) is 13.2. The van der Waals surface area contributed by atoms with E-state index in [1.54, 1.807) is 18.4 Å². The number of nitrogens with zero attached hydrogens (tertiary/aromatic N) is 2. The minimum Gasteiger partial charge on any atom is -0.496 e. The number of piperazine rings is 1. The van der Waals surface area contributed by atoms with Crippen LogP contribution in [0.15, 0.2) is 83.6 Å². The van der Waals surface area contributed by atoms with E-state index < -0.39 is 0 Å². The van der Waals surface area contributed by atoms with Crippen LogP contribution in [0.4, 0.5) is 11.4 Å². The molecule has 1 aliphatic heterocycles. The molecule has 1 amide bonds. The maximum absolute atomic E-state index is 13.4. The number of nitrogens with one attached hydrogen (secondary N) is 1. The summed E-state index contributed by atoms with van der Waals surface area (Å²) >= 11 is 1.76. The van der Waals surface area contributed by atoms with Crippen LogP contribution in [0.5, 0.6) is 5.75 Å². The van der Waals surface area contributed by atoms with Gasteiger partial charge in [-0.2, -0.15) is 11.3 Å². The zero-order valence-corrected chi connectivity index (χ0v) is 23.1. The van der Waals surface area contributed by atoms with Gasteiger partial charge in [-0.1, -0.05) is 44.2 Å². The van der Waals surface area contributed by atoms with Crippen LogP contribution in [0.25, 0.3) is 11.1 Å². The van der Waals surface area contributed by atoms with E-state index in [4.69, 9.17) is 4.74 Å². The van der Waals surface area contributed by atoms with Gasteiger partial charge in [0.25, 0.3) is 5.91 Å². The molecule has 5 rings (SSSR count). The number of benzene rings is 3. The summed E-state index contributed by atoms with van der Waals surface area (Å²) < 4.78 is 5.65. The number of methoxy groups -OCH3 is 1. The van der Waals surface area contributed by atoms with E-state index in [0.717, 1.165) is 49.5 Å². The van der Waals surface area contributed by atoms with Crippen LogP contribution in [0.1, 0.15) is 41.3 Å². The smallest absolute Gasteiger partial charge is 0.256 e. The number of carbonyl (C=O) groups is 1. The SMILES string of the molecule is COc1cccc(C(=O)Nc2ccc(N3CCN(Cc4ccsc4)CC3)cc2)c1-c1ccc(C(C)C)cc1. The molecule has 0 spiro atoms. The van der Waals surface area contributed by atoms with Crippen molar-refractivity contribution in [3.8, 4) is 16.9 Å². The lowest BCUT2D eigenvalue weighted by Gasteiger charge is -2.36. The van der Waals surface area contributed by atoms with Gasteiger partial charge >= 0.3 is 0 Å². The topological polar surface area (TPSA) is 44.8 Å². The summed E-state index contributed by atoms with van der Waals surface area (Å²) in [5.74, 6) is 0.979. The Labute approximate surface area is 229 Å². The molecule has 5 nitrogen and oxygen atoms in total. The van der Waals surface area contributed by atoms with Crippen molar-refractivity contribution in [3.63, 3.8) is 0 Å². The third kappa shape index (κ3) is 5.93. The van der Waals surface area contributed by atoms with E-state index in [1.807, 2.05) is 30.3 Å². The number of ether oxygens (including phenoxy) is 1. The predicted octanol–water partition coefficient (Wildman–Crippen LogP) is 7.12. The van der Waals surface area contributed by atoms with Gasteiger partial charge in [0.1, 0.15) is 5.75 Å². The summed E-state index contributed by atoms with van der Waals surface area (Å²) in [6.07, 6.45) is 0. The maximum Gasteiger partial charge on any atom is 0.256 e. The average Bonchev–Trinajstić information content (AvgIpc) is 3.46. The first kappa shape index (κ1) is 26.0. The van der Waals surface area contributed by atoms with Gasteiger partial charge < -0.3 is 15.0 Å². The van der Waals surface area contributed by atoms with Gasteiger partial charge in [0.15, 0.2) is 0 Å². The molecule has 0 saturated carbocycles. The van der Waals surface area contributed by atoms with Crippen LogP contribution in [0, 0.1) is 0 Å². The van der Waals surface area contributed by atoms with E-state index in [2.05, 4.69) is 82.2 Å². The zero-order valence-electron chi connectivity index (χ0n) is 22.3. The van der Waals surface area contributed by atoms with Crippen molar-refractivity contribution in [1.29, 1.82) is 0 Å². The summed E-state index contributed by atoms with van der Waals surface area (Å²) in [4.78, 5) is 18.3. The molecular formula is C32H35N3O2S. The molecule has 1 N–H and O–H groups in total. The largest absolute Gasteiger partial charge is 0.496 e. The Morgan fingerprint density at radius 1 is 0.947 bits per heavy atom. The summed E-state index contributed by atoms with van der Waals surface area (Å²) in [5.41, 5.74) is 6.98. The highest BCUT2D eigenvalue weighted by molar-refractivity contribution is 7.07. The molecule has 1 saturated heterocycles. The van der Waals surface area contributed by atoms with Crippen LogP contribution in [0.2, 0.25) is 0 Å². The van der Waals surface area contributed by atoms with Gasteiger partial charge in [0, 0.05) is 49.7 Å². The normalized spacial score (nSPS) is 14.1. The van der Waals surface area contributed by atoms with E-state index >= 15 is 0 Å². The Bertz CT molecular complexity index is 1340. The van der Waals surface area contributed by atoms with Crippen LogP contribution in [-0.2, 0) is 6.54 Å². The molecule has 2 heterocycles. The average molecular weight is 526 g/mol. The fraction of sp³-hybridized carbons (Fsp3) is 0.281. The summed E-state index contributed by atoms with van der Waals surface area (Å²) in [7, 11) is 1.64. The van der Waals surface area contributed by atoms with E-state index in [0.29, 0.717) is 17.2 Å². The molecule has 1 aromatic heterocycles. The first-order valence-corrected chi connectivity index (χ1v) is 14.1. The number of hydrogen-bond acceptors (Lipinski definition) is 5. The van der Waals surface area contributed by atoms with Crippen LogP contribution < -0.4 is 15.0 Å². The molecule has 38 heavy (non-hydrogen) atoms. The van der Waals surface area contributed by atoms with Gasteiger partial charge in [-0.05, 0) is 75.8 Å². The minimum absolute atomic E-state index is 0.151. The Morgan fingerprint density at radius 3 is 2.32 bits per heavy atom. The molecule has 6 heteroatoms. The summed E-state index contributed by atoms with van der Waals surface area (Å²) in [5, 5.41) is 7.47. The lowest BCUT2D eigenvalue weighted by atomic mass is 9.95. The highest BCUT2D eigenvalue weighted by atomic mass is 32.1. The molecule has 0 bridgehead atoms. The van der Waals surface area contributed by atoms with Crippen molar-refractivity contribution in [3.05, 3.63) is 100 Å². The highest BCUT2D eigenvalue weighted by Gasteiger charge is 2.19. The Morgan fingerprint density at radius 2 is 1.68 bits per heavy atom. The van der Waals surface area contributed by atoms with Gasteiger partial charge in [0.05, 0.1) is 12.7 Å². The van der Waals surface area contributed by atoms with Crippen molar-refractivity contribution in [2.75, 3.05) is 43.5 Å². The van der Waals surface area contributed by atoms with Crippen molar-refractivity contribution in [1.82, 2.24) is 4.90 Å². The second kappa shape index (κ2) is 11.8. The molecule has 1 fully saturated rings. The lowest BCUT2D eigenvalue weighted by molar-refractivity contribution is 0.102. The monoisotopic (exact) mass is 525 g/mol. The van der Waals surface area contributed by atoms with Crippen LogP contribution in [-0.4, -0.2) is 44.1 Å². The number of carbonyl (C=O) groups excluding carboxylic acids is 1. The molecule has 196 valence electrons. The molecule has 4 aromatic rings. The third-order valence-corrected chi connectivity index (χ3v) is 7.94. The van der Waals surface area contributed by atoms with Gasteiger partial charge in [-0.15, -0.1) is 0 Å². The zero-order chi connectivity index (χ0) is 26.5. The minimum atomic E-state index is -0.151. The lowest BCUT2D eigenvalue weighted by Crippen LogP contribution is -2.45. The summed E-state index contributed by atoms with van der Waals surface area (Å²) in [6, 6.07) is 24.4. The molecule has 1 aliphatic rings. The molecule has 0 aliphatic carbocycles. The van der Waals surface area contributed by atoms with Crippen molar-refractivity contribution >= 4 is 28.6 Å². The molecular weight excluding hydrogens is 490 g/mol. The van der Waals surface area contributed by atoms with Gasteiger partial charge in [-0.25, -0.2) is 0 Å².